The van der Waals surface area contributed by atoms with Crippen molar-refractivity contribution in [1.29, 1.82) is 0 Å². The molecule has 0 bridgehead atoms. The van der Waals surface area contributed by atoms with Gasteiger partial charge < -0.3 is 13.7 Å². The molecule has 9 rings (SSSR count). The Hall–Kier alpha value is -5.49. The molecule has 3 atom stereocenters. The van der Waals surface area contributed by atoms with Crippen molar-refractivity contribution in [2.75, 3.05) is 0 Å². The highest BCUT2D eigenvalue weighted by Gasteiger charge is 2.16. The van der Waals surface area contributed by atoms with Gasteiger partial charge in [0.05, 0.1) is 40.0 Å². The highest BCUT2D eigenvalue weighted by molar-refractivity contribution is 6.09. The van der Waals surface area contributed by atoms with Gasteiger partial charge in [0.1, 0.15) is 0 Å². The first-order valence-electron chi connectivity index (χ1n) is 18.5. The van der Waals surface area contributed by atoms with Crippen molar-refractivity contribution < 1.29 is 0 Å². The van der Waals surface area contributed by atoms with Crippen LogP contribution in [-0.2, 0) is 0 Å². The van der Waals surface area contributed by atoms with E-state index in [1.54, 1.807) is 0 Å². The summed E-state index contributed by atoms with van der Waals surface area (Å²) < 4.78 is 7.20. The van der Waals surface area contributed by atoms with Crippen LogP contribution in [0, 0.1) is 0 Å². The Morgan fingerprint density at radius 3 is 1.25 bits per heavy atom. The van der Waals surface area contributed by atoms with Gasteiger partial charge in [-0.15, -0.1) is 0 Å². The first kappa shape index (κ1) is 34.0. The normalized spacial score (nSPS) is 13.3. The van der Waals surface area contributed by atoms with Crippen LogP contribution in [0.2, 0.25) is 0 Å². The number of benzene rings is 3. The zero-order valence-electron chi connectivity index (χ0n) is 30.7. The maximum Gasteiger partial charge on any atom is 0.0959 e. The van der Waals surface area contributed by atoms with Gasteiger partial charge in [0.15, 0.2) is 0 Å². The van der Waals surface area contributed by atoms with Crippen LogP contribution < -0.4 is 0 Å². The maximum absolute atomic E-state index is 4.53. The number of nitrogens with zero attached hydrogens (tertiary/aromatic N) is 6. The van der Waals surface area contributed by atoms with Gasteiger partial charge in [-0.2, -0.15) is 0 Å². The van der Waals surface area contributed by atoms with Crippen molar-refractivity contribution in [3.8, 4) is 0 Å². The first-order valence-corrected chi connectivity index (χ1v) is 18.5. The van der Waals surface area contributed by atoms with Crippen LogP contribution in [0.25, 0.3) is 65.5 Å². The molecular formula is C45H48N6. The van der Waals surface area contributed by atoms with Crippen LogP contribution in [-0.4, -0.2) is 28.7 Å². The molecule has 6 nitrogen and oxygen atoms in total. The highest BCUT2D eigenvalue weighted by Crippen LogP contribution is 2.34. The molecule has 0 aliphatic heterocycles. The van der Waals surface area contributed by atoms with Gasteiger partial charge in [0.25, 0.3) is 0 Å². The second kappa shape index (κ2) is 14.8. The molecule has 6 heterocycles. The minimum atomic E-state index is 0.501. The van der Waals surface area contributed by atoms with Crippen molar-refractivity contribution in [2.24, 2.45) is 0 Å². The van der Waals surface area contributed by atoms with E-state index in [1.807, 2.05) is 37.1 Å². The van der Waals surface area contributed by atoms with E-state index in [1.165, 1.54) is 60.0 Å². The summed E-state index contributed by atoms with van der Waals surface area (Å²) in [5.74, 6) is 0. The highest BCUT2D eigenvalue weighted by atomic mass is 15.0. The predicted octanol–water partition coefficient (Wildman–Crippen LogP) is 12.5. The molecule has 9 aromatic rings. The van der Waals surface area contributed by atoms with Crippen molar-refractivity contribution in [3.63, 3.8) is 0 Å². The lowest BCUT2D eigenvalue weighted by atomic mass is 10.2. The molecule has 0 spiro atoms. The Morgan fingerprint density at radius 2 is 0.784 bits per heavy atom. The summed E-state index contributed by atoms with van der Waals surface area (Å²) in [5.41, 5.74) is 8.74. The molecule has 3 unspecified atom stereocenters. The molecule has 51 heavy (non-hydrogen) atoms. The number of hydrogen-bond donors (Lipinski definition) is 0. The van der Waals surface area contributed by atoms with E-state index >= 15 is 0 Å². The Kier molecular flexibility index (Phi) is 9.85. The molecule has 0 amide bonds. The maximum atomic E-state index is 4.53. The Bertz CT molecular complexity index is 2130. The molecule has 0 radical (unpaired) electrons. The van der Waals surface area contributed by atoms with Crippen molar-refractivity contribution in [3.05, 3.63) is 128 Å². The van der Waals surface area contributed by atoms with Crippen LogP contribution in [0.1, 0.15) is 78.9 Å². The smallest absolute Gasteiger partial charge is 0.0959 e. The lowest BCUT2D eigenvalue weighted by Crippen LogP contribution is -2.03. The molecule has 0 saturated carbocycles. The molecule has 0 saturated heterocycles. The van der Waals surface area contributed by atoms with Gasteiger partial charge in [-0.3, -0.25) is 15.0 Å². The van der Waals surface area contributed by atoms with E-state index in [9.17, 15) is 0 Å². The van der Waals surface area contributed by atoms with E-state index in [0.29, 0.717) is 18.1 Å². The number of fused-ring (bicyclic) bond motifs is 9. The summed E-state index contributed by atoms with van der Waals surface area (Å²) in [7, 11) is 0. The summed E-state index contributed by atoms with van der Waals surface area (Å²) in [5, 5.41) is 6.51. The summed E-state index contributed by atoms with van der Waals surface area (Å²) in [6.45, 7) is 13.5. The Labute approximate surface area is 300 Å². The summed E-state index contributed by atoms with van der Waals surface area (Å²) in [6, 6.07) is 35.6. The number of rotatable bonds is 6. The molecule has 0 aliphatic carbocycles. The second-order valence-electron chi connectivity index (χ2n) is 13.6. The molecule has 6 aromatic heterocycles. The first-order chi connectivity index (χ1) is 25.0. The van der Waals surface area contributed by atoms with Crippen molar-refractivity contribution in [2.45, 2.75) is 78.9 Å². The predicted molar refractivity (Wildman–Crippen MR) is 217 cm³/mol. The number of aromatic nitrogens is 6. The summed E-state index contributed by atoms with van der Waals surface area (Å²) in [4.78, 5) is 13.1. The van der Waals surface area contributed by atoms with E-state index < -0.39 is 0 Å². The van der Waals surface area contributed by atoms with Crippen LogP contribution in [0.4, 0.5) is 0 Å². The topological polar surface area (TPSA) is 53.5 Å². The quantitative estimate of drug-likeness (QED) is 0.177. The fourth-order valence-electron chi connectivity index (χ4n) is 7.48. The van der Waals surface area contributed by atoms with Gasteiger partial charge >= 0.3 is 0 Å². The van der Waals surface area contributed by atoms with Gasteiger partial charge in [-0.05, 0) is 82.5 Å². The van der Waals surface area contributed by atoms with Crippen LogP contribution in [0.5, 0.6) is 0 Å². The minimum absolute atomic E-state index is 0.501. The van der Waals surface area contributed by atoms with Crippen LogP contribution in [0.15, 0.2) is 128 Å². The fraction of sp³-hybridized carbons (Fsp3) is 0.267. The third kappa shape index (κ3) is 6.13. The van der Waals surface area contributed by atoms with Gasteiger partial charge in [-0.25, -0.2) is 0 Å². The Balaban J connectivity index is 0.000000119. The number of pyridine rings is 3. The zero-order chi connectivity index (χ0) is 35.5. The monoisotopic (exact) mass is 672 g/mol. The van der Waals surface area contributed by atoms with Gasteiger partial charge in [0, 0.05) is 74.7 Å². The van der Waals surface area contributed by atoms with Crippen LogP contribution in [0.3, 0.4) is 0 Å². The van der Waals surface area contributed by atoms with E-state index in [0.717, 1.165) is 24.8 Å². The van der Waals surface area contributed by atoms with E-state index in [2.05, 4.69) is 161 Å². The Morgan fingerprint density at radius 1 is 0.412 bits per heavy atom. The third-order valence-corrected chi connectivity index (χ3v) is 10.6. The molecule has 0 N–H and O–H groups in total. The summed E-state index contributed by atoms with van der Waals surface area (Å²) in [6.07, 6.45) is 12.9. The average molecular weight is 673 g/mol. The van der Waals surface area contributed by atoms with E-state index in [-0.39, 0.29) is 0 Å². The SMILES string of the molecule is CCC(C)n1c2ccccc2c2ccncc21.CCC(C)n1c2ccccc2c2ccncc21.CCC(C)n1c2ccccc2c2ncccc21. The number of hydrogen-bond acceptors (Lipinski definition) is 3. The number of para-hydroxylation sites is 3. The van der Waals surface area contributed by atoms with E-state index in [4.69, 9.17) is 0 Å². The lowest BCUT2D eigenvalue weighted by molar-refractivity contribution is 0.562. The molecule has 0 fully saturated rings. The van der Waals surface area contributed by atoms with Crippen molar-refractivity contribution in [1.82, 2.24) is 28.7 Å². The zero-order valence-corrected chi connectivity index (χ0v) is 30.7. The third-order valence-electron chi connectivity index (χ3n) is 10.6. The largest absolute Gasteiger partial charge is 0.336 e. The van der Waals surface area contributed by atoms with Crippen LogP contribution >= 0.6 is 0 Å². The second-order valence-corrected chi connectivity index (χ2v) is 13.6. The minimum Gasteiger partial charge on any atom is -0.336 e. The molecule has 6 heteroatoms. The van der Waals surface area contributed by atoms with Gasteiger partial charge in [-0.1, -0.05) is 75.4 Å². The van der Waals surface area contributed by atoms with Gasteiger partial charge in [0.2, 0.25) is 0 Å². The van der Waals surface area contributed by atoms with Crippen molar-refractivity contribution >= 4 is 65.5 Å². The lowest BCUT2D eigenvalue weighted by Gasteiger charge is -2.14. The molecule has 3 aromatic carbocycles. The summed E-state index contributed by atoms with van der Waals surface area (Å²) >= 11 is 0. The molecule has 258 valence electrons. The average Bonchev–Trinajstić information content (AvgIpc) is 3.84. The molecular weight excluding hydrogens is 625 g/mol. The standard InChI is InChI=1S/3C15H16N2/c1-3-11(2)17-13-8-5-4-7-12(13)15-14(17)9-6-10-16-15;2*1-3-11(2)17-14-7-5-4-6-12(14)13-8-9-16-10-15(13)17/h3*4-11H,3H2,1-2H3. The fourth-order valence-corrected chi connectivity index (χ4v) is 7.48. The molecule has 0 aliphatic rings.